The highest BCUT2D eigenvalue weighted by molar-refractivity contribution is 6.02. The Balaban J connectivity index is 0.000000244. The Morgan fingerprint density at radius 1 is 0.230 bits per heavy atom. The van der Waals surface area contributed by atoms with Crippen LogP contribution in [0.1, 0.15) is 184 Å². The summed E-state index contributed by atoms with van der Waals surface area (Å²) >= 11 is 0. The highest BCUT2D eigenvalue weighted by Crippen LogP contribution is 2.25. The van der Waals surface area contributed by atoms with Gasteiger partial charge in [-0.3, -0.25) is 33.6 Å². The monoisotopic (exact) mass is 1630 g/mol. The molecule has 13 aromatic rings. The van der Waals surface area contributed by atoms with Crippen LogP contribution < -0.4 is 26.6 Å². The molecular formula is C101H93N5O16. The van der Waals surface area contributed by atoms with Crippen molar-refractivity contribution in [3.8, 4) is 0 Å². The molecule has 0 heterocycles. The lowest BCUT2D eigenvalue weighted by Gasteiger charge is -2.12. The molecule has 122 heavy (non-hydrogen) atoms. The highest BCUT2D eigenvalue weighted by Gasteiger charge is 2.21. The maximum atomic E-state index is 13.5. The molecule has 618 valence electrons. The van der Waals surface area contributed by atoms with Gasteiger partial charge in [0.1, 0.15) is 13.2 Å². The lowest BCUT2D eigenvalue weighted by atomic mass is 9.96. The van der Waals surface area contributed by atoms with Crippen molar-refractivity contribution in [1.29, 1.82) is 0 Å². The molecule has 0 saturated carbocycles. The predicted octanol–water partition coefficient (Wildman–Crippen LogP) is 14.7. The van der Waals surface area contributed by atoms with Crippen molar-refractivity contribution < 1.29 is 78.2 Å². The average Bonchev–Trinajstić information content (AvgIpc) is 0.807. The number of Topliss-reactive ketones (excluding diaryl/α,β-unsaturated/α-hetero) is 2. The maximum Gasteiger partial charge on any atom is 0.338 e. The number of hydrogen-bond donors (Lipinski definition) is 10. The summed E-state index contributed by atoms with van der Waals surface area (Å²) in [7, 11) is 0. The second-order valence-corrected chi connectivity index (χ2v) is 28.5. The number of carbonyl (C=O) groups excluding carboxylic acids is 9. The van der Waals surface area contributed by atoms with Gasteiger partial charge in [-0.15, -0.1) is 0 Å². The molecule has 0 saturated heterocycles. The van der Waals surface area contributed by atoms with Gasteiger partial charge in [0.2, 0.25) is 0 Å². The van der Waals surface area contributed by atoms with E-state index in [0.29, 0.717) is 133 Å². The Kier molecular flexibility index (Phi) is 32.9. The number of ketones is 2. The SMILES string of the molecule is O=C(NCc1cccc(CNC(=O)c2ccccc2CO)c1)c1ccccc1CO.O=C(NCc1ccccc1)c1ccccc1CO.O=C(OCc1ccccc1C(=O)CCc1cccc(CCC(=O)c2ccccc2CO)c1)c1ccc2cc(C(=O)OCc3ccccc3C(=O)NCc3cccc(CNC(=O)c4ccccc4CO)c3)ccc2c1. The second kappa shape index (κ2) is 45.5. The highest BCUT2D eigenvalue weighted by atomic mass is 16.5. The van der Waals surface area contributed by atoms with Gasteiger partial charge >= 0.3 is 11.9 Å². The first-order valence-electron chi connectivity index (χ1n) is 39.7. The summed E-state index contributed by atoms with van der Waals surface area (Å²) in [6.07, 6.45) is 1.54. The summed E-state index contributed by atoms with van der Waals surface area (Å²) in [6, 6.07) is 91.3. The fourth-order valence-electron chi connectivity index (χ4n) is 13.6. The molecule has 13 rings (SSSR count). The minimum absolute atomic E-state index is 0.0358. The molecule has 10 N–H and O–H groups in total. The number of aryl methyl sites for hydroxylation is 2. The van der Waals surface area contributed by atoms with Crippen LogP contribution in [0.15, 0.2) is 309 Å². The molecule has 13 aromatic carbocycles. The topological polar surface area (TPSA) is 333 Å². The third-order valence-corrected chi connectivity index (χ3v) is 20.2. The number of hydrogen-bond acceptors (Lipinski definition) is 16. The molecule has 0 aliphatic carbocycles. The van der Waals surface area contributed by atoms with E-state index in [4.69, 9.17) is 9.47 Å². The van der Waals surface area contributed by atoms with E-state index < -0.39 is 11.9 Å². The first-order valence-corrected chi connectivity index (χ1v) is 39.7. The van der Waals surface area contributed by atoms with Gasteiger partial charge in [-0.25, -0.2) is 9.59 Å². The lowest BCUT2D eigenvalue weighted by molar-refractivity contribution is 0.0462. The van der Waals surface area contributed by atoms with Crippen LogP contribution in [0.3, 0.4) is 0 Å². The number of aliphatic hydroxyl groups excluding tert-OH is 5. The van der Waals surface area contributed by atoms with Gasteiger partial charge in [-0.2, -0.15) is 0 Å². The summed E-state index contributed by atoms with van der Waals surface area (Å²) in [5.41, 5.74) is 14.2. The van der Waals surface area contributed by atoms with Gasteiger partial charge in [0.05, 0.1) is 44.2 Å². The summed E-state index contributed by atoms with van der Waals surface area (Å²) in [5.74, 6) is -2.62. The normalized spacial score (nSPS) is 10.7. The van der Waals surface area contributed by atoms with Crippen molar-refractivity contribution in [3.05, 3.63) is 437 Å². The van der Waals surface area contributed by atoms with Gasteiger partial charge < -0.3 is 61.6 Å². The molecule has 5 amide bonds. The van der Waals surface area contributed by atoms with E-state index in [1.807, 2.05) is 103 Å². The van der Waals surface area contributed by atoms with Crippen molar-refractivity contribution in [2.45, 2.75) is 105 Å². The molecule has 0 fully saturated rings. The summed E-state index contributed by atoms with van der Waals surface area (Å²) in [6.45, 7) is 0.370. The van der Waals surface area contributed by atoms with Crippen molar-refractivity contribution in [2.24, 2.45) is 0 Å². The van der Waals surface area contributed by atoms with Crippen LogP contribution in [0.4, 0.5) is 0 Å². The molecule has 0 unspecified atom stereocenters. The Labute approximate surface area is 706 Å². The van der Waals surface area contributed by atoms with Crippen molar-refractivity contribution >= 4 is 63.8 Å². The first kappa shape index (κ1) is 88.4. The third-order valence-electron chi connectivity index (χ3n) is 20.2. The van der Waals surface area contributed by atoms with Crippen LogP contribution in [0.5, 0.6) is 0 Å². The first-order chi connectivity index (χ1) is 59.5. The third kappa shape index (κ3) is 25.3. The fraction of sp³-hybridized carbons (Fsp3) is 0.158. The van der Waals surface area contributed by atoms with Crippen LogP contribution in [0, 0.1) is 0 Å². The van der Waals surface area contributed by atoms with Gasteiger partial charge in [0.15, 0.2) is 11.6 Å². The molecular weight excluding hydrogens is 1540 g/mol. The number of benzene rings is 13. The predicted molar refractivity (Wildman–Crippen MR) is 464 cm³/mol. The average molecular weight is 1630 g/mol. The minimum atomic E-state index is -0.596. The fourth-order valence-corrected chi connectivity index (χ4v) is 13.6. The van der Waals surface area contributed by atoms with E-state index in [1.165, 1.54) is 0 Å². The van der Waals surface area contributed by atoms with Gasteiger partial charge in [-0.05, 0) is 145 Å². The molecule has 0 aromatic heterocycles. The summed E-state index contributed by atoms with van der Waals surface area (Å²) in [4.78, 5) is 116. The van der Waals surface area contributed by atoms with Crippen LogP contribution in [0.2, 0.25) is 0 Å². The second-order valence-electron chi connectivity index (χ2n) is 28.5. The molecule has 0 aliphatic rings. The standard InChI is InChI=1S/C62H54N2O10.C24H24N2O4.C15H15NO2/c65-37-49-15-1-5-19-53(49)57(67)29-23-41-11-9-12-42(31-41)24-30-58(68)54-20-6-3-17-51(54)39-73-61(71)47-27-25-46-34-48(28-26-45(46)33-47)62(72)74-40-52-18-4-8-22-56(52)60(70)64-36-44-14-10-13-43(32-44)35-63-59(69)55-21-7-2-16-50(55)38-66;27-15-19-8-1-3-10-21(19)23(29)25-13-17-6-5-7-18(12-17)14-26-24(30)22-11-4-2-9-20(22)16-28;17-11-13-8-4-5-9-14(13)15(18)16-10-12-6-2-1-3-7-12/h1-22,25-28,31-34,65-66H,23-24,29-30,35-40H2,(H,63,69)(H,64,70);1-12,27-28H,13-16H2,(H,25,29)(H,26,30);1-9,17H,10-11H2,(H,16,18). The summed E-state index contributed by atoms with van der Waals surface area (Å²) in [5, 5.41) is 62.9. The van der Waals surface area contributed by atoms with E-state index >= 15 is 0 Å². The lowest BCUT2D eigenvalue weighted by Crippen LogP contribution is -2.25. The van der Waals surface area contributed by atoms with Crippen LogP contribution in [-0.4, -0.2) is 78.6 Å². The minimum Gasteiger partial charge on any atom is -0.457 e. The quantitative estimate of drug-likeness (QED) is 0.0132. The zero-order chi connectivity index (χ0) is 86.0. The number of rotatable bonds is 34. The zero-order valence-electron chi connectivity index (χ0n) is 67.0. The van der Waals surface area contributed by atoms with Gasteiger partial charge in [-0.1, -0.05) is 255 Å². The molecule has 0 aliphatic heterocycles. The number of amides is 5. The van der Waals surface area contributed by atoms with E-state index in [1.54, 1.807) is 206 Å². The summed E-state index contributed by atoms with van der Waals surface area (Å²) < 4.78 is 11.4. The molecule has 21 nitrogen and oxygen atoms in total. The number of fused-ring (bicyclic) bond motifs is 1. The van der Waals surface area contributed by atoms with Crippen molar-refractivity contribution in [3.63, 3.8) is 0 Å². The number of ether oxygens (including phenoxy) is 2. The van der Waals surface area contributed by atoms with E-state index in [0.717, 1.165) is 38.9 Å². The number of carbonyl (C=O) groups is 9. The Bertz CT molecular complexity index is 5550. The van der Waals surface area contributed by atoms with E-state index in [-0.39, 0.29) is 112 Å². The smallest absolute Gasteiger partial charge is 0.338 e. The van der Waals surface area contributed by atoms with E-state index in [2.05, 4.69) is 26.6 Å². The molecule has 0 spiro atoms. The van der Waals surface area contributed by atoms with Crippen molar-refractivity contribution in [1.82, 2.24) is 26.6 Å². The molecule has 0 bridgehead atoms. The van der Waals surface area contributed by atoms with Crippen LogP contribution in [-0.2, 0) is 101 Å². The van der Waals surface area contributed by atoms with Gasteiger partial charge in [0.25, 0.3) is 29.5 Å². The molecule has 21 heteroatoms. The Morgan fingerprint density at radius 2 is 0.467 bits per heavy atom. The Hall–Kier alpha value is -14.5. The Morgan fingerprint density at radius 3 is 0.795 bits per heavy atom. The van der Waals surface area contributed by atoms with Crippen molar-refractivity contribution in [2.75, 3.05) is 0 Å². The maximum absolute atomic E-state index is 13.5. The number of esters is 2. The largest absolute Gasteiger partial charge is 0.457 e. The molecule has 0 radical (unpaired) electrons. The zero-order valence-corrected chi connectivity index (χ0v) is 67.0. The number of nitrogens with one attached hydrogen (secondary N) is 5. The van der Waals surface area contributed by atoms with Gasteiger partial charge in [0, 0.05) is 95.6 Å². The van der Waals surface area contributed by atoms with Crippen LogP contribution in [0.25, 0.3) is 10.8 Å². The number of aliphatic hydroxyl groups is 5. The molecule has 0 atom stereocenters. The van der Waals surface area contributed by atoms with Crippen LogP contribution >= 0.6 is 0 Å². The van der Waals surface area contributed by atoms with E-state index in [9.17, 15) is 68.7 Å².